The molecule has 1 atom stereocenters. The number of nitriles is 1. The Morgan fingerprint density at radius 2 is 2.32 bits per heavy atom. The van der Waals surface area contributed by atoms with Gasteiger partial charge >= 0.3 is 0 Å². The van der Waals surface area contributed by atoms with Gasteiger partial charge in [0.1, 0.15) is 29.9 Å². The number of nitrogen functional groups attached to an aromatic ring is 1. The minimum absolute atomic E-state index is 0.0134. The second-order valence-electron chi connectivity index (χ2n) is 6.66. The van der Waals surface area contributed by atoms with Gasteiger partial charge in [-0.2, -0.15) is 10.2 Å². The number of ether oxygens (including phenoxy) is 2. The van der Waals surface area contributed by atoms with E-state index in [1.165, 1.54) is 0 Å². The van der Waals surface area contributed by atoms with Gasteiger partial charge < -0.3 is 20.2 Å². The van der Waals surface area contributed by atoms with Crippen LogP contribution in [0.15, 0.2) is 36.7 Å². The predicted octanol–water partition coefficient (Wildman–Crippen LogP) is 1.35. The SMILES string of the molecule is N#Cc1cccc(-c2nc(N)c(C(=O)NOCc3ncc[nH]3)c(OC3CCOC3)n2)c1. The van der Waals surface area contributed by atoms with E-state index in [9.17, 15) is 4.79 Å². The molecule has 11 nitrogen and oxygen atoms in total. The maximum atomic E-state index is 12.8. The highest BCUT2D eigenvalue weighted by molar-refractivity contribution is 6.00. The predicted molar refractivity (Wildman–Crippen MR) is 107 cm³/mol. The van der Waals surface area contributed by atoms with Gasteiger partial charge in [0.15, 0.2) is 5.82 Å². The van der Waals surface area contributed by atoms with Gasteiger partial charge in [-0.3, -0.25) is 9.63 Å². The van der Waals surface area contributed by atoms with Crippen molar-refractivity contribution in [2.75, 3.05) is 18.9 Å². The van der Waals surface area contributed by atoms with E-state index < -0.39 is 5.91 Å². The summed E-state index contributed by atoms with van der Waals surface area (Å²) >= 11 is 0. The van der Waals surface area contributed by atoms with Crippen molar-refractivity contribution in [3.8, 4) is 23.3 Å². The zero-order valence-corrected chi connectivity index (χ0v) is 16.4. The first kappa shape index (κ1) is 20.3. The van der Waals surface area contributed by atoms with Crippen molar-refractivity contribution >= 4 is 11.7 Å². The van der Waals surface area contributed by atoms with Crippen LogP contribution in [-0.4, -0.2) is 45.2 Å². The summed E-state index contributed by atoms with van der Waals surface area (Å²) in [6.45, 7) is 0.959. The fourth-order valence-corrected chi connectivity index (χ4v) is 2.97. The van der Waals surface area contributed by atoms with Crippen molar-refractivity contribution in [1.29, 1.82) is 5.26 Å². The molecule has 4 N–H and O–H groups in total. The largest absolute Gasteiger partial charge is 0.471 e. The number of amides is 1. The molecule has 1 unspecified atom stereocenters. The molecule has 0 bridgehead atoms. The molecule has 0 saturated carbocycles. The molecule has 31 heavy (non-hydrogen) atoms. The van der Waals surface area contributed by atoms with E-state index in [2.05, 4.69) is 31.5 Å². The number of rotatable bonds is 7. The minimum Gasteiger partial charge on any atom is -0.471 e. The first-order chi connectivity index (χ1) is 15.1. The number of carbonyl (C=O) groups is 1. The van der Waals surface area contributed by atoms with Gasteiger partial charge in [0.05, 0.1) is 24.8 Å². The van der Waals surface area contributed by atoms with Gasteiger partial charge in [0.25, 0.3) is 5.91 Å². The van der Waals surface area contributed by atoms with E-state index in [0.717, 1.165) is 0 Å². The standard InChI is InChI=1S/C20H19N7O4/c21-9-12-2-1-3-13(8-12)18-25-17(22)16(20(26-18)31-14-4-7-29-10-14)19(28)27-30-11-15-23-5-6-24-15/h1-3,5-6,8,14H,4,7,10-11H2,(H,23,24)(H,27,28)(H2,22,25,26). The van der Waals surface area contributed by atoms with E-state index in [1.807, 2.05) is 0 Å². The van der Waals surface area contributed by atoms with Crippen LogP contribution in [0.5, 0.6) is 5.88 Å². The van der Waals surface area contributed by atoms with Crippen LogP contribution < -0.4 is 16.0 Å². The fourth-order valence-electron chi connectivity index (χ4n) is 2.97. The molecule has 158 valence electrons. The van der Waals surface area contributed by atoms with Gasteiger partial charge in [-0.15, -0.1) is 0 Å². The molecule has 0 spiro atoms. The minimum atomic E-state index is -0.657. The van der Waals surface area contributed by atoms with Crippen molar-refractivity contribution in [3.63, 3.8) is 0 Å². The summed E-state index contributed by atoms with van der Waals surface area (Å²) in [5, 5.41) is 9.15. The average Bonchev–Trinajstić information content (AvgIpc) is 3.48. The molecule has 1 aliphatic heterocycles. The van der Waals surface area contributed by atoms with Crippen LogP contribution in [-0.2, 0) is 16.2 Å². The highest BCUT2D eigenvalue weighted by Gasteiger charge is 2.26. The molecular formula is C20H19N7O4. The highest BCUT2D eigenvalue weighted by Crippen LogP contribution is 2.28. The molecule has 3 heterocycles. The molecule has 11 heteroatoms. The van der Waals surface area contributed by atoms with Crippen molar-refractivity contribution in [2.45, 2.75) is 19.1 Å². The second kappa shape index (κ2) is 9.21. The fraction of sp³-hybridized carbons (Fsp3) is 0.250. The van der Waals surface area contributed by atoms with Gasteiger partial charge in [0, 0.05) is 24.4 Å². The Morgan fingerprint density at radius 1 is 1.42 bits per heavy atom. The molecule has 1 aromatic carbocycles. The van der Waals surface area contributed by atoms with E-state index in [-0.39, 0.29) is 35.8 Å². The van der Waals surface area contributed by atoms with Crippen LogP contribution in [0.3, 0.4) is 0 Å². The van der Waals surface area contributed by atoms with E-state index in [0.29, 0.717) is 36.6 Å². The molecule has 3 aromatic rings. The normalized spacial score (nSPS) is 15.4. The number of H-pyrrole nitrogens is 1. The Hall–Kier alpha value is -4.01. The number of hydroxylamine groups is 1. The lowest BCUT2D eigenvalue weighted by atomic mass is 10.1. The Bertz CT molecular complexity index is 1110. The number of nitrogens with two attached hydrogens (primary N) is 1. The third-order valence-electron chi connectivity index (χ3n) is 4.48. The number of aromatic nitrogens is 4. The molecule has 1 fully saturated rings. The van der Waals surface area contributed by atoms with Gasteiger partial charge in [-0.05, 0) is 12.1 Å². The van der Waals surface area contributed by atoms with Gasteiger partial charge in [-0.25, -0.2) is 15.4 Å². The number of anilines is 1. The monoisotopic (exact) mass is 421 g/mol. The first-order valence-corrected chi connectivity index (χ1v) is 9.47. The van der Waals surface area contributed by atoms with Crippen molar-refractivity contribution in [2.24, 2.45) is 0 Å². The molecule has 1 aliphatic rings. The Morgan fingerprint density at radius 3 is 3.06 bits per heavy atom. The number of nitrogens with one attached hydrogen (secondary N) is 2. The summed E-state index contributed by atoms with van der Waals surface area (Å²) in [5.41, 5.74) is 9.38. The summed E-state index contributed by atoms with van der Waals surface area (Å²) in [6.07, 6.45) is 3.59. The number of carbonyl (C=O) groups excluding carboxylic acids is 1. The first-order valence-electron chi connectivity index (χ1n) is 9.47. The molecular weight excluding hydrogens is 402 g/mol. The smallest absolute Gasteiger partial charge is 0.284 e. The van der Waals surface area contributed by atoms with Crippen LogP contribution in [0.2, 0.25) is 0 Å². The van der Waals surface area contributed by atoms with Crippen molar-refractivity contribution in [3.05, 3.63) is 53.6 Å². The molecule has 4 rings (SSSR count). The van der Waals surface area contributed by atoms with Gasteiger partial charge in [-0.1, -0.05) is 12.1 Å². The lowest BCUT2D eigenvalue weighted by Gasteiger charge is -2.16. The molecule has 0 aliphatic carbocycles. The van der Waals surface area contributed by atoms with E-state index in [1.54, 1.807) is 36.7 Å². The number of hydrogen-bond acceptors (Lipinski definition) is 9. The highest BCUT2D eigenvalue weighted by atomic mass is 16.7. The molecule has 0 radical (unpaired) electrons. The summed E-state index contributed by atoms with van der Waals surface area (Å²) < 4.78 is 11.3. The van der Waals surface area contributed by atoms with Crippen LogP contribution in [0, 0.1) is 11.3 Å². The summed E-state index contributed by atoms with van der Waals surface area (Å²) in [5.74, 6) is 0.0449. The van der Waals surface area contributed by atoms with Crippen LogP contribution in [0.1, 0.15) is 28.2 Å². The van der Waals surface area contributed by atoms with Crippen molar-refractivity contribution in [1.82, 2.24) is 25.4 Å². The number of aromatic amines is 1. The average molecular weight is 421 g/mol. The summed E-state index contributed by atoms with van der Waals surface area (Å²) in [6, 6.07) is 8.81. The Labute approximate surface area is 177 Å². The lowest BCUT2D eigenvalue weighted by molar-refractivity contribution is 0.0207. The summed E-state index contributed by atoms with van der Waals surface area (Å²) in [4.78, 5) is 33.5. The van der Waals surface area contributed by atoms with Crippen LogP contribution in [0.4, 0.5) is 5.82 Å². The quantitative estimate of drug-likeness (QED) is 0.478. The molecule has 1 saturated heterocycles. The zero-order chi connectivity index (χ0) is 21.6. The zero-order valence-electron chi connectivity index (χ0n) is 16.4. The molecule has 1 amide bonds. The van der Waals surface area contributed by atoms with Gasteiger partial charge in [0.2, 0.25) is 5.88 Å². The lowest BCUT2D eigenvalue weighted by Crippen LogP contribution is -2.28. The van der Waals surface area contributed by atoms with Crippen LogP contribution >= 0.6 is 0 Å². The summed E-state index contributed by atoms with van der Waals surface area (Å²) in [7, 11) is 0. The number of hydrogen-bond donors (Lipinski definition) is 3. The second-order valence-corrected chi connectivity index (χ2v) is 6.66. The molecule has 2 aromatic heterocycles. The number of benzene rings is 1. The number of imidazole rings is 1. The maximum Gasteiger partial charge on any atom is 0.284 e. The van der Waals surface area contributed by atoms with Crippen molar-refractivity contribution < 1.29 is 19.1 Å². The topological polar surface area (TPSA) is 161 Å². The third kappa shape index (κ3) is 4.77. The number of nitrogens with zero attached hydrogens (tertiary/aromatic N) is 4. The Kier molecular flexibility index (Phi) is 6.02. The van der Waals surface area contributed by atoms with Crippen LogP contribution in [0.25, 0.3) is 11.4 Å². The third-order valence-corrected chi connectivity index (χ3v) is 4.48. The Balaban J connectivity index is 1.62. The van der Waals surface area contributed by atoms with E-state index in [4.69, 9.17) is 25.3 Å². The van der Waals surface area contributed by atoms with E-state index >= 15 is 0 Å². The maximum absolute atomic E-state index is 12.8.